The molecule has 0 saturated carbocycles. The lowest BCUT2D eigenvalue weighted by Crippen LogP contribution is -2.42. The second-order valence-electron chi connectivity index (χ2n) is 3.77. The highest BCUT2D eigenvalue weighted by molar-refractivity contribution is 5.20. The van der Waals surface area contributed by atoms with Gasteiger partial charge in [-0.3, -0.25) is 0 Å². The van der Waals surface area contributed by atoms with Crippen molar-refractivity contribution in [1.82, 2.24) is 9.97 Å². The molecule has 1 fully saturated rings. The Balaban J connectivity index is 2.27. The summed E-state index contributed by atoms with van der Waals surface area (Å²) in [7, 11) is 0. The molecule has 0 amide bonds. The molecule has 4 heteroatoms. The molecule has 14 heavy (non-hydrogen) atoms. The van der Waals surface area contributed by atoms with Gasteiger partial charge < -0.3 is 10.5 Å². The Morgan fingerprint density at radius 2 is 2.21 bits per heavy atom. The van der Waals surface area contributed by atoms with E-state index in [0.29, 0.717) is 13.2 Å². The van der Waals surface area contributed by atoms with Gasteiger partial charge in [-0.2, -0.15) is 0 Å². The minimum atomic E-state index is -0.0560. The van der Waals surface area contributed by atoms with Gasteiger partial charge in [-0.15, -0.1) is 0 Å². The number of hydrogen-bond acceptors (Lipinski definition) is 4. The van der Waals surface area contributed by atoms with Crippen molar-refractivity contribution in [2.24, 2.45) is 5.73 Å². The molecule has 0 radical (unpaired) electrons. The summed E-state index contributed by atoms with van der Waals surface area (Å²) in [5, 5.41) is 0. The van der Waals surface area contributed by atoms with E-state index in [1.54, 1.807) is 0 Å². The molecule has 1 atom stereocenters. The van der Waals surface area contributed by atoms with Crippen molar-refractivity contribution in [3.8, 4) is 0 Å². The molecule has 1 aromatic rings. The molecule has 1 unspecified atom stereocenters. The molecule has 0 spiro atoms. The smallest absolute Gasteiger partial charge is 0.115 e. The zero-order valence-corrected chi connectivity index (χ0v) is 8.15. The average molecular weight is 193 g/mol. The normalized spacial score (nSPS) is 27.5. The van der Waals surface area contributed by atoms with E-state index < -0.39 is 0 Å². The van der Waals surface area contributed by atoms with Crippen molar-refractivity contribution < 1.29 is 4.74 Å². The average Bonchev–Trinajstić information content (AvgIpc) is 2.31. The molecule has 1 aromatic heterocycles. The third kappa shape index (κ3) is 1.63. The quantitative estimate of drug-likeness (QED) is 0.742. The lowest BCUT2D eigenvalue weighted by molar-refractivity contribution is 0.0374. The van der Waals surface area contributed by atoms with Gasteiger partial charge in [0.1, 0.15) is 6.33 Å². The van der Waals surface area contributed by atoms with Gasteiger partial charge in [-0.05, 0) is 18.4 Å². The highest BCUT2D eigenvalue weighted by atomic mass is 16.5. The first-order chi connectivity index (χ1) is 6.87. The largest absolute Gasteiger partial charge is 0.380 e. The fraction of sp³-hybridized carbons (Fsp3) is 0.600. The molecular weight excluding hydrogens is 178 g/mol. The zero-order valence-electron chi connectivity index (χ0n) is 8.15. The monoisotopic (exact) mass is 193 g/mol. The summed E-state index contributed by atoms with van der Waals surface area (Å²) in [6.45, 7) is 2.13. The molecule has 1 saturated heterocycles. The summed E-state index contributed by atoms with van der Waals surface area (Å²) in [5.41, 5.74) is 6.88. The van der Waals surface area contributed by atoms with Crippen LogP contribution < -0.4 is 5.73 Å². The summed E-state index contributed by atoms with van der Waals surface area (Å²) in [4.78, 5) is 8.06. The molecule has 0 aliphatic carbocycles. The Bertz CT molecular complexity index is 283. The maximum atomic E-state index is 5.83. The second kappa shape index (κ2) is 4.02. The molecule has 0 bridgehead atoms. The van der Waals surface area contributed by atoms with E-state index in [4.69, 9.17) is 10.5 Å². The number of nitrogens with zero attached hydrogens (tertiary/aromatic N) is 2. The van der Waals surface area contributed by atoms with Crippen molar-refractivity contribution in [3.05, 3.63) is 24.3 Å². The standard InChI is InChI=1S/C10H15N3O/c11-6-10(2-1-3-14-7-10)9-4-12-8-13-5-9/h4-5,8H,1-3,6-7,11H2. The lowest BCUT2D eigenvalue weighted by atomic mass is 9.77. The predicted molar refractivity (Wildman–Crippen MR) is 52.8 cm³/mol. The minimum Gasteiger partial charge on any atom is -0.380 e. The summed E-state index contributed by atoms with van der Waals surface area (Å²) in [5.74, 6) is 0. The summed E-state index contributed by atoms with van der Waals surface area (Å²) >= 11 is 0. The van der Waals surface area contributed by atoms with Gasteiger partial charge >= 0.3 is 0 Å². The van der Waals surface area contributed by atoms with Crippen LogP contribution in [0.1, 0.15) is 18.4 Å². The van der Waals surface area contributed by atoms with E-state index in [1.807, 2.05) is 12.4 Å². The molecular formula is C10H15N3O. The first-order valence-electron chi connectivity index (χ1n) is 4.91. The molecule has 1 aliphatic rings. The van der Waals surface area contributed by atoms with Crippen LogP contribution in [-0.2, 0) is 10.2 Å². The van der Waals surface area contributed by atoms with E-state index in [1.165, 1.54) is 6.33 Å². The van der Waals surface area contributed by atoms with Crippen molar-refractivity contribution >= 4 is 0 Å². The van der Waals surface area contributed by atoms with Crippen LogP contribution in [0.15, 0.2) is 18.7 Å². The molecule has 2 heterocycles. The Morgan fingerprint density at radius 3 is 2.79 bits per heavy atom. The van der Waals surface area contributed by atoms with Gasteiger partial charge in [0, 0.05) is 31.0 Å². The summed E-state index contributed by atoms with van der Waals surface area (Å²) < 4.78 is 5.50. The number of aromatic nitrogens is 2. The third-order valence-corrected chi connectivity index (χ3v) is 2.89. The molecule has 4 nitrogen and oxygen atoms in total. The predicted octanol–water partition coefficient (Wildman–Crippen LogP) is 0.483. The van der Waals surface area contributed by atoms with Gasteiger partial charge in [-0.1, -0.05) is 0 Å². The van der Waals surface area contributed by atoms with Crippen LogP contribution in [-0.4, -0.2) is 29.7 Å². The Labute approximate surface area is 83.5 Å². The lowest BCUT2D eigenvalue weighted by Gasteiger charge is -2.35. The minimum absolute atomic E-state index is 0.0560. The molecule has 2 N–H and O–H groups in total. The SMILES string of the molecule is NCC1(c2cncnc2)CCCOC1. The maximum Gasteiger partial charge on any atom is 0.115 e. The van der Waals surface area contributed by atoms with E-state index in [2.05, 4.69) is 9.97 Å². The van der Waals surface area contributed by atoms with Crippen LogP contribution in [0.2, 0.25) is 0 Å². The topological polar surface area (TPSA) is 61.0 Å². The number of nitrogens with two attached hydrogens (primary N) is 1. The van der Waals surface area contributed by atoms with Crippen LogP contribution in [0.3, 0.4) is 0 Å². The van der Waals surface area contributed by atoms with Gasteiger partial charge in [0.2, 0.25) is 0 Å². The van der Waals surface area contributed by atoms with Crippen molar-refractivity contribution in [2.75, 3.05) is 19.8 Å². The van der Waals surface area contributed by atoms with Crippen molar-refractivity contribution in [1.29, 1.82) is 0 Å². The van der Waals surface area contributed by atoms with Crippen LogP contribution in [0.4, 0.5) is 0 Å². The fourth-order valence-corrected chi connectivity index (χ4v) is 1.93. The highest BCUT2D eigenvalue weighted by Crippen LogP contribution is 2.30. The highest BCUT2D eigenvalue weighted by Gasteiger charge is 2.33. The molecule has 76 valence electrons. The van der Waals surface area contributed by atoms with Crippen LogP contribution in [0.5, 0.6) is 0 Å². The summed E-state index contributed by atoms with van der Waals surface area (Å²) in [6.07, 6.45) is 7.35. The third-order valence-electron chi connectivity index (χ3n) is 2.89. The zero-order chi connectivity index (χ0) is 9.86. The Hall–Kier alpha value is -1.00. The van der Waals surface area contributed by atoms with Crippen LogP contribution in [0.25, 0.3) is 0 Å². The van der Waals surface area contributed by atoms with Crippen LogP contribution in [0, 0.1) is 0 Å². The fourth-order valence-electron chi connectivity index (χ4n) is 1.93. The number of hydrogen-bond donors (Lipinski definition) is 1. The van der Waals surface area contributed by atoms with Gasteiger partial charge in [0.05, 0.1) is 6.61 Å². The van der Waals surface area contributed by atoms with Gasteiger partial charge in [0.25, 0.3) is 0 Å². The van der Waals surface area contributed by atoms with E-state index in [9.17, 15) is 0 Å². The maximum absolute atomic E-state index is 5.83. The number of rotatable bonds is 2. The molecule has 0 aromatic carbocycles. The Morgan fingerprint density at radius 1 is 1.43 bits per heavy atom. The number of ether oxygens (including phenoxy) is 1. The molecule has 2 rings (SSSR count). The summed E-state index contributed by atoms with van der Waals surface area (Å²) in [6, 6.07) is 0. The first-order valence-corrected chi connectivity index (χ1v) is 4.91. The van der Waals surface area contributed by atoms with E-state index in [-0.39, 0.29) is 5.41 Å². The van der Waals surface area contributed by atoms with E-state index in [0.717, 1.165) is 25.0 Å². The van der Waals surface area contributed by atoms with E-state index >= 15 is 0 Å². The first kappa shape index (κ1) is 9.55. The Kier molecular flexibility index (Phi) is 2.74. The van der Waals surface area contributed by atoms with Crippen molar-refractivity contribution in [2.45, 2.75) is 18.3 Å². The van der Waals surface area contributed by atoms with Gasteiger partial charge in [-0.25, -0.2) is 9.97 Å². The molecule has 1 aliphatic heterocycles. The van der Waals surface area contributed by atoms with Crippen molar-refractivity contribution in [3.63, 3.8) is 0 Å². The van der Waals surface area contributed by atoms with Crippen LogP contribution >= 0.6 is 0 Å². The van der Waals surface area contributed by atoms with Gasteiger partial charge in [0.15, 0.2) is 0 Å². The second-order valence-corrected chi connectivity index (χ2v) is 3.77.